The molecule has 6 heterocycles. The van der Waals surface area contributed by atoms with Gasteiger partial charge in [0.2, 0.25) is 0 Å². The maximum absolute atomic E-state index is 7.12. The number of hydrogen-bond donors (Lipinski definition) is 0. The Bertz CT molecular complexity index is 3860. The molecule has 3 aromatic heterocycles. The highest BCUT2D eigenvalue weighted by Gasteiger charge is 2.48. The number of anilines is 2. The lowest BCUT2D eigenvalue weighted by atomic mass is 9.43. The van der Waals surface area contributed by atoms with Gasteiger partial charge in [0.25, 0.3) is 0 Å². The number of benzene rings is 9. The van der Waals surface area contributed by atoms with E-state index in [1.165, 1.54) is 60.1 Å². The number of aromatic nitrogens is 2. The summed E-state index contributed by atoms with van der Waals surface area (Å²) >= 11 is 0. The van der Waals surface area contributed by atoms with Gasteiger partial charge in [0.05, 0.1) is 39.1 Å². The fraction of sp³-hybridized carbons (Fsp3) is 0. The third-order valence-electron chi connectivity index (χ3n) is 13.7. The summed E-state index contributed by atoms with van der Waals surface area (Å²) in [6.45, 7) is -0.194. The van der Waals surface area contributed by atoms with Gasteiger partial charge in [0, 0.05) is 49.3 Å². The van der Waals surface area contributed by atoms with E-state index in [-0.39, 0.29) is 6.85 Å². The Morgan fingerprint density at radius 3 is 1.82 bits per heavy atom. The SMILES string of the molecule is c1ccc(-c2oc3cc4c(cc3c2-c2ccccc2)-n2c3ccccc3c3c(-n5c6ccccc6c6ccccc65)cc5c(c32)B4N2c3ccccc3Oc3cccc-5c32)cc1. The lowest BCUT2D eigenvalue weighted by Gasteiger charge is -2.45. The molecule has 286 valence electrons. The molecule has 0 spiro atoms. The van der Waals surface area contributed by atoms with E-state index in [0.29, 0.717) is 0 Å². The molecule has 9 aromatic carbocycles. The van der Waals surface area contributed by atoms with Crippen LogP contribution in [0.15, 0.2) is 199 Å². The zero-order valence-corrected chi connectivity index (χ0v) is 33.2. The summed E-state index contributed by atoms with van der Waals surface area (Å²) in [7, 11) is 0. The van der Waals surface area contributed by atoms with Crippen molar-refractivity contribution in [3.63, 3.8) is 0 Å². The molecular formula is C56H32BN3O2. The maximum Gasteiger partial charge on any atom is 0.333 e. The number of para-hydroxylation sites is 6. The van der Waals surface area contributed by atoms with Gasteiger partial charge >= 0.3 is 6.85 Å². The van der Waals surface area contributed by atoms with E-state index < -0.39 is 0 Å². The fourth-order valence-electron chi connectivity index (χ4n) is 11.3. The van der Waals surface area contributed by atoms with Gasteiger partial charge in [-0.25, -0.2) is 0 Å². The van der Waals surface area contributed by atoms with E-state index >= 15 is 0 Å². The van der Waals surface area contributed by atoms with Crippen LogP contribution in [-0.4, -0.2) is 16.0 Å². The second kappa shape index (κ2) is 11.7. The largest absolute Gasteiger partial charge is 0.455 e. The monoisotopic (exact) mass is 789 g/mol. The third kappa shape index (κ3) is 4.04. The van der Waals surface area contributed by atoms with Crippen molar-refractivity contribution in [2.45, 2.75) is 0 Å². The van der Waals surface area contributed by atoms with Crippen molar-refractivity contribution in [2.75, 3.05) is 4.81 Å². The molecule has 0 N–H and O–H groups in total. The lowest BCUT2D eigenvalue weighted by Crippen LogP contribution is -2.61. The molecule has 12 aromatic rings. The van der Waals surface area contributed by atoms with E-state index in [2.05, 4.69) is 208 Å². The Hall–Kier alpha value is -8.22. The first-order valence-electron chi connectivity index (χ1n) is 21.3. The van der Waals surface area contributed by atoms with Crippen LogP contribution in [0.25, 0.3) is 99.5 Å². The van der Waals surface area contributed by atoms with Crippen LogP contribution in [0.1, 0.15) is 0 Å². The summed E-state index contributed by atoms with van der Waals surface area (Å²) in [5.74, 6) is 2.58. The minimum absolute atomic E-state index is 0.194. The van der Waals surface area contributed by atoms with Crippen molar-refractivity contribution < 1.29 is 9.15 Å². The molecule has 15 rings (SSSR count). The van der Waals surface area contributed by atoms with Gasteiger partial charge in [-0.2, -0.15) is 0 Å². The first kappa shape index (κ1) is 32.6. The average Bonchev–Trinajstić information content (AvgIpc) is 4.00. The fourth-order valence-corrected chi connectivity index (χ4v) is 11.3. The molecule has 3 aliphatic heterocycles. The van der Waals surface area contributed by atoms with Crippen molar-refractivity contribution in [3.05, 3.63) is 194 Å². The quantitative estimate of drug-likeness (QED) is 0.167. The van der Waals surface area contributed by atoms with Gasteiger partial charge in [0.1, 0.15) is 17.1 Å². The van der Waals surface area contributed by atoms with Crippen LogP contribution in [-0.2, 0) is 0 Å². The van der Waals surface area contributed by atoms with Crippen LogP contribution in [0.5, 0.6) is 11.5 Å². The van der Waals surface area contributed by atoms with Crippen molar-refractivity contribution >= 4 is 83.7 Å². The molecule has 0 saturated carbocycles. The molecule has 3 aliphatic rings. The van der Waals surface area contributed by atoms with Crippen LogP contribution in [0.2, 0.25) is 0 Å². The van der Waals surface area contributed by atoms with E-state index in [4.69, 9.17) is 9.15 Å². The number of ether oxygens (including phenoxy) is 1. The van der Waals surface area contributed by atoms with Crippen molar-refractivity contribution in [1.29, 1.82) is 0 Å². The van der Waals surface area contributed by atoms with Crippen LogP contribution >= 0.6 is 0 Å². The molecule has 0 atom stereocenters. The molecule has 0 unspecified atom stereocenters. The van der Waals surface area contributed by atoms with Gasteiger partial charge < -0.3 is 23.1 Å². The van der Waals surface area contributed by atoms with Gasteiger partial charge in [-0.1, -0.05) is 140 Å². The second-order valence-electron chi connectivity index (χ2n) is 16.7. The summed E-state index contributed by atoms with van der Waals surface area (Å²) in [6.07, 6.45) is 0. The summed E-state index contributed by atoms with van der Waals surface area (Å²) < 4.78 is 19.0. The molecule has 62 heavy (non-hydrogen) atoms. The predicted molar refractivity (Wildman–Crippen MR) is 255 cm³/mol. The molecule has 0 saturated heterocycles. The first-order valence-corrected chi connectivity index (χ1v) is 21.3. The first-order chi connectivity index (χ1) is 30.8. The highest BCUT2D eigenvalue weighted by Crippen LogP contribution is 2.56. The highest BCUT2D eigenvalue weighted by atomic mass is 16.5. The van der Waals surface area contributed by atoms with E-state index in [0.717, 1.165) is 73.2 Å². The number of rotatable bonds is 3. The summed E-state index contributed by atoms with van der Waals surface area (Å²) in [5, 5.41) is 6.03. The van der Waals surface area contributed by atoms with Gasteiger partial charge in [0.15, 0.2) is 5.75 Å². The van der Waals surface area contributed by atoms with Crippen LogP contribution in [0.4, 0.5) is 11.4 Å². The topological polar surface area (TPSA) is 35.5 Å². The number of furan rings is 1. The number of nitrogens with zero attached hydrogens (tertiary/aromatic N) is 3. The summed E-state index contributed by atoms with van der Waals surface area (Å²) in [4.78, 5) is 2.55. The molecule has 0 radical (unpaired) electrons. The zero-order chi connectivity index (χ0) is 40.2. The average molecular weight is 790 g/mol. The minimum Gasteiger partial charge on any atom is -0.455 e. The zero-order valence-electron chi connectivity index (χ0n) is 33.2. The van der Waals surface area contributed by atoms with Crippen molar-refractivity contribution in [1.82, 2.24) is 9.13 Å². The lowest BCUT2D eigenvalue weighted by molar-refractivity contribution is 0.478. The summed E-state index contributed by atoms with van der Waals surface area (Å²) in [6, 6.07) is 70.2. The van der Waals surface area contributed by atoms with Crippen LogP contribution in [0, 0.1) is 0 Å². The van der Waals surface area contributed by atoms with Gasteiger partial charge in [-0.3, -0.25) is 0 Å². The van der Waals surface area contributed by atoms with E-state index in [1.807, 2.05) is 0 Å². The van der Waals surface area contributed by atoms with E-state index in [1.54, 1.807) is 0 Å². The Morgan fingerprint density at radius 1 is 0.435 bits per heavy atom. The van der Waals surface area contributed by atoms with Gasteiger partial charge in [-0.05, 0) is 76.6 Å². The van der Waals surface area contributed by atoms with Crippen molar-refractivity contribution in [2.24, 2.45) is 0 Å². The minimum atomic E-state index is -0.194. The Labute approximate surface area is 356 Å². The number of fused-ring (bicyclic) bond motifs is 14. The highest BCUT2D eigenvalue weighted by molar-refractivity contribution is 6.94. The Morgan fingerprint density at radius 2 is 1.06 bits per heavy atom. The third-order valence-corrected chi connectivity index (χ3v) is 13.7. The smallest absolute Gasteiger partial charge is 0.333 e. The molecule has 0 bridgehead atoms. The number of hydrogen-bond acceptors (Lipinski definition) is 3. The normalized spacial score (nSPS) is 13.2. The molecule has 5 nitrogen and oxygen atoms in total. The molecule has 0 fully saturated rings. The molecule has 0 aliphatic carbocycles. The summed E-state index contributed by atoms with van der Waals surface area (Å²) in [5.41, 5.74) is 18.2. The molecule has 0 amide bonds. The predicted octanol–water partition coefficient (Wildman–Crippen LogP) is 13.3. The van der Waals surface area contributed by atoms with Crippen LogP contribution in [0.3, 0.4) is 0 Å². The van der Waals surface area contributed by atoms with Crippen molar-refractivity contribution in [3.8, 4) is 56.5 Å². The molecule has 6 heteroatoms. The Kier molecular flexibility index (Phi) is 6.18. The van der Waals surface area contributed by atoms with Gasteiger partial charge in [-0.15, -0.1) is 0 Å². The van der Waals surface area contributed by atoms with E-state index in [9.17, 15) is 0 Å². The standard InChI is InChI=1S/C56H32BN3O2/c1-3-16-33(17-4-1)51-40-31-46-41(32-50(40)62-56(51)34-18-5-2-6-19-34)57-53-39(37-23-15-29-49-54(37)60(57)45-27-13-14-28-48(45)61-49)30-47(52-38-22-9-12-26-44(38)59(46)55(52)53)58-42-24-10-7-20-35(42)36-21-8-11-25-43(36)58/h1-32H. The van der Waals surface area contributed by atoms with Crippen LogP contribution < -0.4 is 20.5 Å². The maximum atomic E-state index is 7.12. The second-order valence-corrected chi connectivity index (χ2v) is 16.7. The Balaban J connectivity index is 1.16. The molecular weight excluding hydrogens is 757 g/mol.